The number of benzene rings is 2. The molecular weight excluding hydrogens is 227 g/mol. The third-order valence-corrected chi connectivity index (χ3v) is 2.84. The molecule has 0 amide bonds. The van der Waals surface area contributed by atoms with E-state index in [1.807, 2.05) is 25.1 Å². The second-order valence-corrected chi connectivity index (χ2v) is 4.25. The number of aryl methyl sites for hydroxylation is 1. The molecule has 0 unspecified atom stereocenters. The van der Waals surface area contributed by atoms with Crippen molar-refractivity contribution in [3.05, 3.63) is 60.0 Å². The molecule has 1 aromatic heterocycles. The number of aromatic nitrogens is 2. The Morgan fingerprint density at radius 1 is 0.944 bits per heavy atom. The second kappa shape index (κ2) is 4.18. The van der Waals surface area contributed by atoms with Crippen molar-refractivity contribution in [2.45, 2.75) is 6.92 Å². The molecule has 0 N–H and O–H groups in total. The van der Waals surface area contributed by atoms with Crippen molar-refractivity contribution < 1.29 is 4.39 Å². The quantitative estimate of drug-likeness (QED) is 0.645. The average Bonchev–Trinajstić information content (AvgIpc) is 2.39. The number of hydrogen-bond acceptors (Lipinski definition) is 2. The molecule has 0 aliphatic heterocycles. The maximum atomic E-state index is 12.9. The Hall–Kier alpha value is -2.29. The molecule has 88 valence electrons. The molecule has 2 nitrogen and oxygen atoms in total. The van der Waals surface area contributed by atoms with Gasteiger partial charge in [-0.1, -0.05) is 6.07 Å². The summed E-state index contributed by atoms with van der Waals surface area (Å²) in [7, 11) is 0. The maximum Gasteiger partial charge on any atom is 0.123 e. The summed E-state index contributed by atoms with van der Waals surface area (Å²) < 4.78 is 12.9. The van der Waals surface area contributed by atoms with Gasteiger partial charge in [0, 0.05) is 5.56 Å². The molecule has 1 heterocycles. The molecule has 2 aromatic carbocycles. The first-order chi connectivity index (χ1) is 8.72. The van der Waals surface area contributed by atoms with E-state index >= 15 is 0 Å². The highest BCUT2D eigenvalue weighted by molar-refractivity contribution is 5.77. The highest BCUT2D eigenvalue weighted by Gasteiger charge is 2.03. The molecule has 0 bridgehead atoms. The third-order valence-electron chi connectivity index (χ3n) is 2.84. The van der Waals surface area contributed by atoms with Gasteiger partial charge in [0.05, 0.1) is 22.9 Å². The van der Waals surface area contributed by atoms with E-state index in [2.05, 4.69) is 9.97 Å². The first-order valence-corrected chi connectivity index (χ1v) is 5.72. The number of hydrogen-bond donors (Lipinski definition) is 0. The van der Waals surface area contributed by atoms with E-state index in [4.69, 9.17) is 0 Å². The van der Waals surface area contributed by atoms with Gasteiger partial charge in [-0.05, 0) is 48.9 Å². The van der Waals surface area contributed by atoms with Gasteiger partial charge in [-0.15, -0.1) is 0 Å². The van der Waals surface area contributed by atoms with Gasteiger partial charge in [0.2, 0.25) is 0 Å². The summed E-state index contributed by atoms with van der Waals surface area (Å²) in [5.41, 5.74) is 4.51. The number of fused-ring (bicyclic) bond motifs is 1. The fraction of sp³-hybridized carbons (Fsp3) is 0.0667. The molecule has 0 spiro atoms. The lowest BCUT2D eigenvalue weighted by molar-refractivity contribution is 0.628. The van der Waals surface area contributed by atoms with E-state index in [9.17, 15) is 4.39 Å². The Kier molecular flexibility index (Phi) is 2.52. The zero-order chi connectivity index (χ0) is 12.5. The van der Waals surface area contributed by atoms with Gasteiger partial charge < -0.3 is 0 Å². The number of nitrogens with zero attached hydrogens (tertiary/aromatic N) is 2. The van der Waals surface area contributed by atoms with Gasteiger partial charge in [0.15, 0.2) is 0 Å². The normalized spacial score (nSPS) is 10.8. The van der Waals surface area contributed by atoms with Crippen LogP contribution in [-0.2, 0) is 0 Å². The molecule has 0 aliphatic rings. The van der Waals surface area contributed by atoms with E-state index in [-0.39, 0.29) is 5.82 Å². The molecule has 0 radical (unpaired) electrons. The van der Waals surface area contributed by atoms with Crippen LogP contribution in [0.5, 0.6) is 0 Å². The summed E-state index contributed by atoms with van der Waals surface area (Å²) >= 11 is 0. The minimum absolute atomic E-state index is 0.247. The molecule has 3 heteroatoms. The van der Waals surface area contributed by atoms with Gasteiger partial charge in [0.1, 0.15) is 5.82 Å². The molecule has 0 saturated carbocycles. The van der Waals surface area contributed by atoms with Gasteiger partial charge in [0.25, 0.3) is 0 Å². The monoisotopic (exact) mass is 238 g/mol. The van der Waals surface area contributed by atoms with E-state index in [0.29, 0.717) is 0 Å². The summed E-state index contributed by atoms with van der Waals surface area (Å²) in [5.74, 6) is -0.247. The van der Waals surface area contributed by atoms with Crippen LogP contribution in [0.3, 0.4) is 0 Å². The van der Waals surface area contributed by atoms with Crippen LogP contribution in [-0.4, -0.2) is 9.97 Å². The highest BCUT2D eigenvalue weighted by Crippen LogP contribution is 2.19. The van der Waals surface area contributed by atoms with Crippen LogP contribution in [0.4, 0.5) is 4.39 Å². The van der Waals surface area contributed by atoms with Crippen molar-refractivity contribution >= 4 is 11.0 Å². The van der Waals surface area contributed by atoms with Crippen molar-refractivity contribution in [1.82, 2.24) is 9.97 Å². The Morgan fingerprint density at radius 3 is 2.50 bits per heavy atom. The van der Waals surface area contributed by atoms with Crippen LogP contribution in [0.15, 0.2) is 48.7 Å². The third kappa shape index (κ3) is 1.95. The number of rotatable bonds is 1. The molecule has 0 atom stereocenters. The van der Waals surface area contributed by atoms with Gasteiger partial charge >= 0.3 is 0 Å². The molecule has 0 aliphatic carbocycles. The van der Waals surface area contributed by atoms with Crippen molar-refractivity contribution in [3.8, 4) is 11.3 Å². The second-order valence-electron chi connectivity index (χ2n) is 4.25. The van der Waals surface area contributed by atoms with Gasteiger partial charge in [-0.3, -0.25) is 4.98 Å². The van der Waals surface area contributed by atoms with E-state index in [0.717, 1.165) is 27.9 Å². The Labute approximate surface area is 104 Å². The standard InChI is InChI=1S/C15H11FN2/c1-10-2-7-13-14(8-10)17-9-15(18-13)11-3-5-12(16)6-4-11/h2-9H,1H3. The molecule has 0 fully saturated rings. The molecule has 3 aromatic rings. The summed E-state index contributed by atoms with van der Waals surface area (Å²) in [6.07, 6.45) is 1.72. The lowest BCUT2D eigenvalue weighted by Crippen LogP contribution is -1.89. The van der Waals surface area contributed by atoms with Gasteiger partial charge in [-0.25, -0.2) is 9.37 Å². The minimum atomic E-state index is -0.247. The zero-order valence-electron chi connectivity index (χ0n) is 9.89. The predicted molar refractivity (Wildman–Crippen MR) is 69.7 cm³/mol. The fourth-order valence-corrected chi connectivity index (χ4v) is 1.88. The summed E-state index contributed by atoms with van der Waals surface area (Å²) in [5, 5.41) is 0. The molecular formula is C15H11FN2. The zero-order valence-corrected chi connectivity index (χ0v) is 9.89. The van der Waals surface area contributed by atoms with Crippen LogP contribution in [0.25, 0.3) is 22.3 Å². The Balaban J connectivity index is 2.13. The van der Waals surface area contributed by atoms with Gasteiger partial charge in [-0.2, -0.15) is 0 Å². The molecule has 3 rings (SSSR count). The predicted octanol–water partition coefficient (Wildman–Crippen LogP) is 3.74. The van der Waals surface area contributed by atoms with Crippen molar-refractivity contribution in [1.29, 1.82) is 0 Å². The Morgan fingerprint density at radius 2 is 1.72 bits per heavy atom. The minimum Gasteiger partial charge on any atom is -0.252 e. The van der Waals surface area contributed by atoms with Crippen LogP contribution >= 0.6 is 0 Å². The van der Waals surface area contributed by atoms with Crippen molar-refractivity contribution in [2.75, 3.05) is 0 Å². The summed E-state index contributed by atoms with van der Waals surface area (Å²) in [4.78, 5) is 8.92. The SMILES string of the molecule is Cc1ccc2nc(-c3ccc(F)cc3)cnc2c1. The van der Waals surface area contributed by atoms with E-state index in [1.165, 1.54) is 12.1 Å². The summed E-state index contributed by atoms with van der Waals surface area (Å²) in [6, 6.07) is 12.2. The molecule has 18 heavy (non-hydrogen) atoms. The first kappa shape index (κ1) is 10.8. The van der Waals surface area contributed by atoms with Crippen LogP contribution in [0.1, 0.15) is 5.56 Å². The van der Waals surface area contributed by atoms with Crippen molar-refractivity contribution in [3.63, 3.8) is 0 Å². The van der Waals surface area contributed by atoms with Crippen molar-refractivity contribution in [2.24, 2.45) is 0 Å². The Bertz CT molecular complexity index is 705. The maximum absolute atomic E-state index is 12.9. The molecule has 0 saturated heterocycles. The van der Waals surface area contributed by atoms with E-state index < -0.39 is 0 Å². The lowest BCUT2D eigenvalue weighted by atomic mass is 10.1. The topological polar surface area (TPSA) is 25.8 Å². The van der Waals surface area contributed by atoms with Crippen LogP contribution in [0.2, 0.25) is 0 Å². The summed E-state index contributed by atoms with van der Waals surface area (Å²) in [6.45, 7) is 2.02. The largest absolute Gasteiger partial charge is 0.252 e. The first-order valence-electron chi connectivity index (χ1n) is 5.72. The van der Waals surface area contributed by atoms with E-state index in [1.54, 1.807) is 18.3 Å². The highest BCUT2D eigenvalue weighted by atomic mass is 19.1. The van der Waals surface area contributed by atoms with Crippen LogP contribution in [0, 0.1) is 12.7 Å². The van der Waals surface area contributed by atoms with Crippen LogP contribution < -0.4 is 0 Å². The smallest absolute Gasteiger partial charge is 0.123 e. The number of halogens is 1. The average molecular weight is 238 g/mol. The fourth-order valence-electron chi connectivity index (χ4n) is 1.88. The lowest BCUT2D eigenvalue weighted by Gasteiger charge is -2.03.